The summed E-state index contributed by atoms with van der Waals surface area (Å²) in [5.41, 5.74) is 8.26. The quantitative estimate of drug-likeness (QED) is 0.381. The average Bonchev–Trinajstić information content (AvgIpc) is 2.72. The molecule has 2 aromatic rings. The van der Waals surface area contributed by atoms with Gasteiger partial charge < -0.3 is 25.3 Å². The number of hydrogen-bond acceptors (Lipinski definition) is 4. The van der Waals surface area contributed by atoms with E-state index in [2.05, 4.69) is 22.4 Å². The summed E-state index contributed by atoms with van der Waals surface area (Å²) >= 11 is 0. The van der Waals surface area contributed by atoms with Gasteiger partial charge in [0.2, 0.25) is 0 Å². The summed E-state index contributed by atoms with van der Waals surface area (Å²) in [5.74, 6) is 2.73. The van der Waals surface area contributed by atoms with Gasteiger partial charge in [-0.2, -0.15) is 0 Å². The minimum atomic E-state index is 0.453. The van der Waals surface area contributed by atoms with Crippen molar-refractivity contribution in [1.29, 1.82) is 0 Å². The Morgan fingerprint density at radius 1 is 0.889 bits per heavy atom. The Morgan fingerprint density at radius 2 is 1.59 bits per heavy atom. The molecule has 0 bridgehead atoms. The first-order valence-electron chi connectivity index (χ1n) is 9.04. The molecule has 3 N–H and O–H groups in total. The van der Waals surface area contributed by atoms with Crippen molar-refractivity contribution in [2.24, 2.45) is 10.7 Å². The largest absolute Gasteiger partial charge is 0.497 e. The van der Waals surface area contributed by atoms with E-state index in [0.29, 0.717) is 24.0 Å². The Balaban J connectivity index is 1.69. The topological polar surface area (TPSA) is 78.1 Å². The van der Waals surface area contributed by atoms with Crippen LogP contribution in [0.1, 0.15) is 24.0 Å². The number of nitrogens with zero attached hydrogens (tertiary/aromatic N) is 1. The Hall–Kier alpha value is -2.89. The molecule has 0 heterocycles. The molecular weight excluding hydrogens is 342 g/mol. The average molecular weight is 371 g/mol. The molecule has 0 spiro atoms. The van der Waals surface area contributed by atoms with Gasteiger partial charge in [0.1, 0.15) is 5.75 Å². The zero-order valence-corrected chi connectivity index (χ0v) is 16.3. The van der Waals surface area contributed by atoms with Crippen LogP contribution in [0.25, 0.3) is 0 Å². The number of nitrogens with two attached hydrogens (primary N) is 1. The molecule has 0 aliphatic rings. The number of aryl methyl sites for hydroxylation is 1. The molecule has 146 valence electrons. The van der Waals surface area contributed by atoms with E-state index in [4.69, 9.17) is 19.9 Å². The molecule has 0 unspecified atom stereocenters. The number of unbranched alkanes of at least 4 members (excludes halogenated alkanes) is 1. The lowest BCUT2D eigenvalue weighted by molar-refractivity contribution is 0.354. The Labute approximate surface area is 161 Å². The highest BCUT2D eigenvalue weighted by Gasteiger charge is 2.04. The van der Waals surface area contributed by atoms with Crippen LogP contribution >= 0.6 is 0 Å². The van der Waals surface area contributed by atoms with Gasteiger partial charge >= 0.3 is 0 Å². The first-order valence-corrected chi connectivity index (χ1v) is 9.04. The van der Waals surface area contributed by atoms with Crippen molar-refractivity contribution in [3.63, 3.8) is 0 Å². The number of methoxy groups -OCH3 is 3. The lowest BCUT2D eigenvalue weighted by Crippen LogP contribution is -2.32. The van der Waals surface area contributed by atoms with Crippen LogP contribution in [-0.4, -0.2) is 33.8 Å². The van der Waals surface area contributed by atoms with E-state index < -0.39 is 0 Å². The summed E-state index contributed by atoms with van der Waals surface area (Å²) < 4.78 is 15.7. The van der Waals surface area contributed by atoms with Gasteiger partial charge in [-0.3, -0.25) is 0 Å². The summed E-state index contributed by atoms with van der Waals surface area (Å²) in [4.78, 5) is 4.37. The lowest BCUT2D eigenvalue weighted by atomic mass is 10.1. The summed E-state index contributed by atoms with van der Waals surface area (Å²) in [6, 6.07) is 13.9. The van der Waals surface area contributed by atoms with Crippen LogP contribution in [0.3, 0.4) is 0 Å². The molecular formula is C21H29N3O3. The first-order chi connectivity index (χ1) is 13.2. The van der Waals surface area contributed by atoms with Crippen LogP contribution in [0.4, 0.5) is 0 Å². The number of rotatable bonds is 10. The maximum absolute atomic E-state index is 5.94. The second-order valence-electron chi connectivity index (χ2n) is 6.12. The van der Waals surface area contributed by atoms with Gasteiger partial charge in [-0.25, -0.2) is 4.99 Å². The fraction of sp³-hybridized carbons (Fsp3) is 0.381. The van der Waals surface area contributed by atoms with E-state index in [-0.39, 0.29) is 0 Å². The first kappa shape index (κ1) is 20.4. The van der Waals surface area contributed by atoms with Crippen molar-refractivity contribution in [1.82, 2.24) is 5.32 Å². The van der Waals surface area contributed by atoms with Crippen molar-refractivity contribution in [3.8, 4) is 17.2 Å². The third-order valence-electron chi connectivity index (χ3n) is 4.24. The fourth-order valence-corrected chi connectivity index (χ4v) is 2.67. The van der Waals surface area contributed by atoms with Crippen molar-refractivity contribution >= 4 is 5.96 Å². The number of nitrogens with one attached hydrogen (secondary N) is 1. The monoisotopic (exact) mass is 371 g/mol. The Morgan fingerprint density at radius 3 is 2.26 bits per heavy atom. The second-order valence-corrected chi connectivity index (χ2v) is 6.12. The number of benzene rings is 2. The summed E-state index contributed by atoms with van der Waals surface area (Å²) in [6.07, 6.45) is 3.15. The van der Waals surface area contributed by atoms with Crippen LogP contribution in [0.15, 0.2) is 47.5 Å². The highest BCUT2D eigenvalue weighted by atomic mass is 16.5. The molecule has 0 amide bonds. The highest BCUT2D eigenvalue weighted by Crippen LogP contribution is 2.27. The number of aliphatic imine (C=N–C) groups is 1. The zero-order valence-electron chi connectivity index (χ0n) is 16.3. The molecule has 2 rings (SSSR count). The zero-order chi connectivity index (χ0) is 19.5. The SMILES string of the molecule is COc1ccc(CCCCNC(N)=NCc2ccc(OC)c(OC)c2)cc1. The smallest absolute Gasteiger partial charge is 0.188 e. The maximum atomic E-state index is 5.94. The highest BCUT2D eigenvalue weighted by molar-refractivity contribution is 5.77. The molecule has 2 aromatic carbocycles. The van der Waals surface area contributed by atoms with Crippen LogP contribution in [0.2, 0.25) is 0 Å². The van der Waals surface area contributed by atoms with Gasteiger partial charge in [0.25, 0.3) is 0 Å². The number of hydrogen-bond donors (Lipinski definition) is 2. The van der Waals surface area contributed by atoms with E-state index in [9.17, 15) is 0 Å². The minimum absolute atomic E-state index is 0.453. The van der Waals surface area contributed by atoms with E-state index >= 15 is 0 Å². The molecule has 0 radical (unpaired) electrons. The Bertz CT molecular complexity index is 730. The maximum Gasteiger partial charge on any atom is 0.188 e. The fourth-order valence-electron chi connectivity index (χ4n) is 2.67. The molecule has 0 saturated heterocycles. The third kappa shape index (κ3) is 6.73. The van der Waals surface area contributed by atoms with Gasteiger partial charge in [-0.15, -0.1) is 0 Å². The molecule has 6 nitrogen and oxygen atoms in total. The molecule has 27 heavy (non-hydrogen) atoms. The summed E-state index contributed by atoms with van der Waals surface area (Å²) in [7, 11) is 4.91. The van der Waals surface area contributed by atoms with Gasteiger partial charge in [0, 0.05) is 6.54 Å². The molecule has 0 fully saturated rings. The van der Waals surface area contributed by atoms with Crippen molar-refractivity contribution in [2.45, 2.75) is 25.8 Å². The summed E-state index contributed by atoms with van der Waals surface area (Å²) in [5, 5.41) is 3.16. The van der Waals surface area contributed by atoms with Crippen LogP contribution in [-0.2, 0) is 13.0 Å². The van der Waals surface area contributed by atoms with Gasteiger partial charge in [0.15, 0.2) is 17.5 Å². The van der Waals surface area contributed by atoms with Crippen molar-refractivity contribution in [3.05, 3.63) is 53.6 Å². The standard InChI is InChI=1S/C21H29N3O3/c1-25-18-10-7-16(8-11-18)6-4-5-13-23-21(22)24-15-17-9-12-19(26-2)20(14-17)27-3/h7-12,14H,4-6,13,15H2,1-3H3,(H3,22,23,24). The van der Waals surface area contributed by atoms with Crippen molar-refractivity contribution < 1.29 is 14.2 Å². The van der Waals surface area contributed by atoms with Crippen molar-refractivity contribution in [2.75, 3.05) is 27.9 Å². The van der Waals surface area contributed by atoms with Crippen LogP contribution < -0.4 is 25.3 Å². The van der Waals surface area contributed by atoms with Crippen LogP contribution in [0, 0.1) is 0 Å². The molecule has 0 aliphatic heterocycles. The van der Waals surface area contributed by atoms with Gasteiger partial charge in [-0.05, 0) is 54.7 Å². The number of ether oxygens (including phenoxy) is 3. The van der Waals surface area contributed by atoms with E-state index in [0.717, 1.165) is 37.1 Å². The minimum Gasteiger partial charge on any atom is -0.497 e. The van der Waals surface area contributed by atoms with Gasteiger partial charge in [0.05, 0.1) is 27.9 Å². The Kier molecular flexibility index (Phi) is 8.29. The normalized spacial score (nSPS) is 11.1. The number of guanidine groups is 1. The molecule has 0 aromatic heterocycles. The second kappa shape index (κ2) is 11.0. The van der Waals surface area contributed by atoms with Crippen LogP contribution in [0.5, 0.6) is 17.2 Å². The predicted octanol–water partition coefficient (Wildman–Crippen LogP) is 3.14. The molecule has 0 aliphatic carbocycles. The molecule has 0 saturated carbocycles. The van der Waals surface area contributed by atoms with Gasteiger partial charge in [-0.1, -0.05) is 18.2 Å². The third-order valence-corrected chi connectivity index (χ3v) is 4.24. The predicted molar refractivity (Wildman–Crippen MR) is 109 cm³/mol. The summed E-state index contributed by atoms with van der Waals surface area (Å²) in [6.45, 7) is 1.29. The lowest BCUT2D eigenvalue weighted by Gasteiger charge is -2.09. The molecule has 6 heteroatoms. The van der Waals surface area contributed by atoms with E-state index in [1.807, 2.05) is 30.3 Å². The van der Waals surface area contributed by atoms with E-state index in [1.54, 1.807) is 21.3 Å². The molecule has 0 atom stereocenters. The van der Waals surface area contributed by atoms with E-state index in [1.165, 1.54) is 5.56 Å².